The Hall–Kier alpha value is -2.13. The predicted octanol–water partition coefficient (Wildman–Crippen LogP) is 0.00490. The first kappa shape index (κ1) is 19.2. The van der Waals surface area contributed by atoms with E-state index in [0.29, 0.717) is 25.8 Å². The summed E-state index contributed by atoms with van der Waals surface area (Å²) in [5.41, 5.74) is 0.794. The zero-order valence-electron chi connectivity index (χ0n) is 15.3. The minimum absolute atomic E-state index is 0.0415. The average molecular weight is 406 g/mol. The molecule has 4 rings (SSSR count). The number of carbonyl (C=O) groups excluding carboxylic acids is 3. The molecule has 3 aliphatic rings. The van der Waals surface area contributed by atoms with Gasteiger partial charge < -0.3 is 15.5 Å². The second-order valence-corrected chi connectivity index (χ2v) is 8.47. The van der Waals surface area contributed by atoms with Gasteiger partial charge in [-0.2, -0.15) is 0 Å². The molecule has 1 aromatic rings. The number of piperidine rings is 1. The molecule has 7 nitrogen and oxygen atoms in total. The van der Waals surface area contributed by atoms with Crippen LogP contribution in [0.15, 0.2) is 24.3 Å². The van der Waals surface area contributed by atoms with Crippen molar-refractivity contribution in [2.24, 2.45) is 0 Å². The maximum atomic E-state index is 13.1. The number of thioether (sulfide) groups is 1. The van der Waals surface area contributed by atoms with E-state index in [1.807, 2.05) is 0 Å². The van der Waals surface area contributed by atoms with Crippen molar-refractivity contribution < 1.29 is 18.8 Å². The van der Waals surface area contributed by atoms with Crippen LogP contribution in [0.5, 0.6) is 0 Å². The fraction of sp³-hybridized carbons (Fsp3) is 0.526. The molecular weight excluding hydrogens is 383 g/mol. The lowest BCUT2D eigenvalue weighted by molar-refractivity contribution is -0.151. The van der Waals surface area contributed by atoms with E-state index in [-0.39, 0.29) is 35.6 Å². The number of piperazine rings is 1. The van der Waals surface area contributed by atoms with Crippen LogP contribution in [0, 0.1) is 5.82 Å². The Kier molecular flexibility index (Phi) is 5.54. The molecule has 3 N–H and O–H groups in total. The summed E-state index contributed by atoms with van der Waals surface area (Å²) in [4.78, 5) is 39.4. The number of hydrogen-bond acceptors (Lipinski definition) is 5. The summed E-state index contributed by atoms with van der Waals surface area (Å²) >= 11 is 1.68. The van der Waals surface area contributed by atoms with Gasteiger partial charge in [-0.1, -0.05) is 12.1 Å². The Balaban J connectivity index is 1.37. The minimum Gasteiger partial charge on any atom is -0.352 e. The molecule has 0 aliphatic carbocycles. The van der Waals surface area contributed by atoms with Gasteiger partial charge in [0, 0.05) is 30.6 Å². The number of rotatable bonds is 4. The van der Waals surface area contributed by atoms with Crippen LogP contribution in [-0.2, 0) is 20.8 Å². The van der Waals surface area contributed by atoms with Crippen molar-refractivity contribution in [3.8, 4) is 0 Å². The van der Waals surface area contributed by atoms with Gasteiger partial charge in [-0.3, -0.25) is 19.7 Å². The second-order valence-electron chi connectivity index (χ2n) is 7.44. The Labute approximate surface area is 166 Å². The number of fused-ring (bicyclic) bond motifs is 1. The second kappa shape index (κ2) is 8.08. The highest BCUT2D eigenvalue weighted by atomic mass is 32.2. The van der Waals surface area contributed by atoms with Gasteiger partial charge in [0.1, 0.15) is 17.9 Å². The maximum Gasteiger partial charge on any atom is 0.246 e. The summed E-state index contributed by atoms with van der Waals surface area (Å²) in [6.07, 6.45) is 1.39. The van der Waals surface area contributed by atoms with Gasteiger partial charge in [-0.15, -0.1) is 11.8 Å². The number of nitrogens with zero attached hydrogens (tertiary/aromatic N) is 1. The Morgan fingerprint density at radius 2 is 2.07 bits per heavy atom. The molecule has 0 radical (unpaired) electrons. The third-order valence-corrected chi connectivity index (χ3v) is 6.47. The first-order chi connectivity index (χ1) is 13.5. The average Bonchev–Trinajstić information content (AvgIpc) is 3.23. The van der Waals surface area contributed by atoms with Crippen LogP contribution in [0.4, 0.5) is 4.39 Å². The van der Waals surface area contributed by atoms with E-state index in [1.165, 1.54) is 12.1 Å². The van der Waals surface area contributed by atoms with E-state index in [2.05, 4.69) is 16.0 Å². The molecule has 3 heterocycles. The molecule has 3 saturated heterocycles. The SMILES string of the molecule is O=C(N[C@H]1CCN2C(=O)[C@@H](Cc3ccc(F)cc3)NC(=O)[C@@H]2C1)[C@H]1CSCN1. The summed E-state index contributed by atoms with van der Waals surface area (Å²) in [7, 11) is 0. The fourth-order valence-corrected chi connectivity index (χ4v) is 4.94. The van der Waals surface area contributed by atoms with Crippen molar-refractivity contribution in [1.82, 2.24) is 20.9 Å². The minimum atomic E-state index is -0.639. The third-order valence-electron chi connectivity index (χ3n) is 5.54. The number of carbonyl (C=O) groups is 3. The quantitative estimate of drug-likeness (QED) is 0.655. The zero-order valence-corrected chi connectivity index (χ0v) is 16.1. The van der Waals surface area contributed by atoms with E-state index >= 15 is 0 Å². The van der Waals surface area contributed by atoms with Crippen LogP contribution in [0.1, 0.15) is 18.4 Å². The molecule has 3 fully saturated rings. The van der Waals surface area contributed by atoms with Crippen molar-refractivity contribution in [1.29, 1.82) is 0 Å². The molecule has 0 saturated carbocycles. The number of hydrogen-bond donors (Lipinski definition) is 3. The molecule has 3 amide bonds. The summed E-state index contributed by atoms with van der Waals surface area (Å²) in [5, 5.41) is 8.96. The lowest BCUT2D eigenvalue weighted by Crippen LogP contribution is -2.67. The number of nitrogens with one attached hydrogen (secondary N) is 3. The van der Waals surface area contributed by atoms with Crippen LogP contribution >= 0.6 is 11.8 Å². The number of amides is 3. The maximum absolute atomic E-state index is 13.1. The topological polar surface area (TPSA) is 90.5 Å². The van der Waals surface area contributed by atoms with E-state index in [1.54, 1.807) is 28.8 Å². The highest BCUT2D eigenvalue weighted by Gasteiger charge is 2.44. The monoisotopic (exact) mass is 406 g/mol. The Morgan fingerprint density at radius 1 is 1.29 bits per heavy atom. The standard InChI is InChI=1S/C19H23FN4O3S/c20-12-3-1-11(2-4-12)7-14-19(27)24-6-5-13(8-16(24)18(26)23-14)22-17(25)15-9-28-10-21-15/h1-4,13-16,21H,5-10H2,(H,22,25)(H,23,26)/t13-,14+,15+,16-/m0/s1. The van der Waals surface area contributed by atoms with E-state index in [9.17, 15) is 18.8 Å². The van der Waals surface area contributed by atoms with Gasteiger partial charge in [0.15, 0.2) is 0 Å². The predicted molar refractivity (Wildman–Crippen MR) is 103 cm³/mol. The van der Waals surface area contributed by atoms with Crippen LogP contribution < -0.4 is 16.0 Å². The van der Waals surface area contributed by atoms with Crippen LogP contribution in [0.25, 0.3) is 0 Å². The van der Waals surface area contributed by atoms with Crippen molar-refractivity contribution >= 4 is 29.5 Å². The van der Waals surface area contributed by atoms with Gasteiger partial charge in [-0.25, -0.2) is 4.39 Å². The molecular formula is C19H23FN4O3S. The van der Waals surface area contributed by atoms with E-state index in [4.69, 9.17) is 0 Å². The van der Waals surface area contributed by atoms with Crippen molar-refractivity contribution in [2.45, 2.75) is 43.4 Å². The van der Waals surface area contributed by atoms with E-state index in [0.717, 1.165) is 17.2 Å². The normalized spacial score (nSPS) is 30.0. The number of benzene rings is 1. The molecule has 0 spiro atoms. The first-order valence-corrected chi connectivity index (χ1v) is 10.6. The highest BCUT2D eigenvalue weighted by Crippen LogP contribution is 2.24. The highest BCUT2D eigenvalue weighted by molar-refractivity contribution is 7.99. The Bertz CT molecular complexity index is 769. The lowest BCUT2D eigenvalue weighted by Gasteiger charge is -2.44. The fourth-order valence-electron chi connectivity index (χ4n) is 4.00. The Morgan fingerprint density at radius 3 is 2.79 bits per heavy atom. The molecule has 0 unspecified atom stereocenters. The van der Waals surface area contributed by atoms with Crippen molar-refractivity contribution in [3.63, 3.8) is 0 Å². The molecule has 1 aromatic carbocycles. The first-order valence-electron chi connectivity index (χ1n) is 9.48. The van der Waals surface area contributed by atoms with Gasteiger partial charge in [0.25, 0.3) is 0 Å². The molecule has 4 atom stereocenters. The van der Waals surface area contributed by atoms with Gasteiger partial charge in [-0.05, 0) is 30.5 Å². The van der Waals surface area contributed by atoms with Crippen LogP contribution in [0.3, 0.4) is 0 Å². The molecule has 0 aromatic heterocycles. The van der Waals surface area contributed by atoms with Crippen LogP contribution in [0.2, 0.25) is 0 Å². The molecule has 9 heteroatoms. The molecule has 0 bridgehead atoms. The summed E-state index contributed by atoms with van der Waals surface area (Å²) < 4.78 is 13.1. The largest absolute Gasteiger partial charge is 0.352 e. The van der Waals surface area contributed by atoms with Crippen molar-refractivity contribution in [2.75, 3.05) is 18.2 Å². The van der Waals surface area contributed by atoms with E-state index < -0.39 is 12.1 Å². The molecule has 28 heavy (non-hydrogen) atoms. The third kappa shape index (κ3) is 4.00. The van der Waals surface area contributed by atoms with Gasteiger partial charge in [0.2, 0.25) is 17.7 Å². The summed E-state index contributed by atoms with van der Waals surface area (Å²) in [6.45, 7) is 0.439. The smallest absolute Gasteiger partial charge is 0.246 e. The summed E-state index contributed by atoms with van der Waals surface area (Å²) in [6, 6.07) is 4.44. The lowest BCUT2D eigenvalue weighted by atomic mass is 9.91. The van der Waals surface area contributed by atoms with Crippen LogP contribution in [-0.4, -0.2) is 65.0 Å². The summed E-state index contributed by atoms with van der Waals surface area (Å²) in [5.74, 6) is 0.829. The molecule has 150 valence electrons. The van der Waals surface area contributed by atoms with Crippen molar-refractivity contribution in [3.05, 3.63) is 35.6 Å². The molecule has 3 aliphatic heterocycles. The van der Waals surface area contributed by atoms with Gasteiger partial charge in [0.05, 0.1) is 6.04 Å². The number of halogens is 1. The van der Waals surface area contributed by atoms with Gasteiger partial charge >= 0.3 is 0 Å². The zero-order chi connectivity index (χ0) is 19.7.